The Morgan fingerprint density at radius 2 is 1.23 bits per heavy atom. The third-order valence-corrected chi connectivity index (χ3v) is 5.10. The van der Waals surface area contributed by atoms with Crippen molar-refractivity contribution in [1.29, 1.82) is 0 Å². The topological polar surface area (TPSA) is 51.6 Å². The third-order valence-electron chi connectivity index (χ3n) is 4.87. The van der Waals surface area contributed by atoms with Crippen LogP contribution in [0.1, 0.15) is 0 Å². The van der Waals surface area contributed by atoms with Crippen molar-refractivity contribution in [1.82, 2.24) is 4.98 Å². The fourth-order valence-corrected chi connectivity index (χ4v) is 3.41. The molecule has 4 nitrogen and oxygen atoms in total. The van der Waals surface area contributed by atoms with E-state index in [1.807, 2.05) is 60.7 Å². The fourth-order valence-electron chi connectivity index (χ4n) is 3.24. The Hall–Kier alpha value is -3.50. The largest absolute Gasteiger partial charge is 0.507 e. The standard InChI is InChI=1S/C25H20ClNO3/c1-29-20-8-3-16(4-9-20)18-13-23(17-5-10-21(30-2)11-6-17)27-24(14-18)22-15-19(26)7-12-25(22)28/h3-15,28H,1-2H3. The lowest BCUT2D eigenvalue weighted by Gasteiger charge is -2.12. The first-order chi connectivity index (χ1) is 14.6. The molecule has 0 atom stereocenters. The van der Waals surface area contributed by atoms with Crippen molar-refractivity contribution in [2.75, 3.05) is 14.2 Å². The number of nitrogens with zero attached hydrogens (tertiary/aromatic N) is 1. The van der Waals surface area contributed by atoms with Crippen LogP contribution >= 0.6 is 11.6 Å². The van der Waals surface area contributed by atoms with Crippen molar-refractivity contribution < 1.29 is 14.6 Å². The third kappa shape index (κ3) is 4.09. The van der Waals surface area contributed by atoms with E-state index < -0.39 is 0 Å². The van der Waals surface area contributed by atoms with Crippen molar-refractivity contribution >= 4 is 11.6 Å². The summed E-state index contributed by atoms with van der Waals surface area (Å²) in [6.07, 6.45) is 0. The van der Waals surface area contributed by atoms with Gasteiger partial charge in [-0.05, 0) is 77.9 Å². The number of benzene rings is 3. The van der Waals surface area contributed by atoms with Gasteiger partial charge in [-0.3, -0.25) is 0 Å². The van der Waals surface area contributed by atoms with Gasteiger partial charge in [0.05, 0.1) is 25.6 Å². The predicted octanol–water partition coefficient (Wildman–Crippen LogP) is 6.46. The number of halogens is 1. The van der Waals surface area contributed by atoms with Crippen LogP contribution in [0.15, 0.2) is 78.9 Å². The lowest BCUT2D eigenvalue weighted by atomic mass is 9.99. The van der Waals surface area contributed by atoms with Crippen LogP contribution < -0.4 is 9.47 Å². The summed E-state index contributed by atoms with van der Waals surface area (Å²) in [6, 6.07) is 24.4. The molecule has 4 aromatic rings. The van der Waals surface area contributed by atoms with Crippen molar-refractivity contribution in [3.8, 4) is 50.9 Å². The van der Waals surface area contributed by atoms with Gasteiger partial charge in [-0.15, -0.1) is 0 Å². The highest BCUT2D eigenvalue weighted by atomic mass is 35.5. The van der Waals surface area contributed by atoms with Crippen LogP contribution in [0, 0.1) is 0 Å². The maximum absolute atomic E-state index is 10.4. The number of hydrogen-bond acceptors (Lipinski definition) is 4. The second kappa shape index (κ2) is 8.47. The number of phenolic OH excluding ortho intramolecular Hbond substituents is 1. The molecule has 3 aromatic carbocycles. The van der Waals surface area contributed by atoms with Gasteiger partial charge in [-0.2, -0.15) is 0 Å². The van der Waals surface area contributed by atoms with Crippen LogP contribution in [0.4, 0.5) is 0 Å². The molecule has 5 heteroatoms. The fraction of sp³-hybridized carbons (Fsp3) is 0.0800. The molecule has 0 aliphatic carbocycles. The Bertz CT molecular complexity index is 1110. The summed E-state index contributed by atoms with van der Waals surface area (Å²) >= 11 is 6.18. The van der Waals surface area contributed by atoms with Gasteiger partial charge < -0.3 is 14.6 Å². The molecule has 1 heterocycles. The van der Waals surface area contributed by atoms with Crippen LogP contribution in [0.25, 0.3) is 33.6 Å². The lowest BCUT2D eigenvalue weighted by Crippen LogP contribution is -1.92. The summed E-state index contributed by atoms with van der Waals surface area (Å²) in [5, 5.41) is 10.9. The monoisotopic (exact) mass is 417 g/mol. The summed E-state index contributed by atoms with van der Waals surface area (Å²) in [7, 11) is 3.28. The Kier molecular flexibility index (Phi) is 5.59. The normalized spacial score (nSPS) is 10.6. The first kappa shape index (κ1) is 19.8. The van der Waals surface area contributed by atoms with Gasteiger partial charge in [-0.25, -0.2) is 4.98 Å². The number of aromatic nitrogens is 1. The zero-order valence-electron chi connectivity index (χ0n) is 16.6. The van der Waals surface area contributed by atoms with E-state index in [9.17, 15) is 5.11 Å². The molecule has 1 N–H and O–H groups in total. The number of pyridine rings is 1. The van der Waals surface area contributed by atoms with Crippen molar-refractivity contribution in [2.45, 2.75) is 0 Å². The molecule has 0 radical (unpaired) electrons. The molecule has 0 aliphatic rings. The summed E-state index contributed by atoms with van der Waals surface area (Å²) in [4.78, 5) is 4.81. The first-order valence-electron chi connectivity index (χ1n) is 9.37. The van der Waals surface area contributed by atoms with E-state index in [-0.39, 0.29) is 5.75 Å². The Labute approximate surface area is 180 Å². The van der Waals surface area contributed by atoms with E-state index in [0.29, 0.717) is 16.3 Å². The average Bonchev–Trinajstić information content (AvgIpc) is 2.80. The smallest absolute Gasteiger partial charge is 0.125 e. The van der Waals surface area contributed by atoms with Crippen LogP contribution in [-0.2, 0) is 0 Å². The maximum atomic E-state index is 10.4. The second-order valence-corrected chi connectivity index (χ2v) is 7.18. The van der Waals surface area contributed by atoms with Gasteiger partial charge in [0, 0.05) is 16.1 Å². The number of rotatable bonds is 5. The van der Waals surface area contributed by atoms with Crippen LogP contribution in [0.5, 0.6) is 17.2 Å². The molecule has 150 valence electrons. The van der Waals surface area contributed by atoms with Crippen LogP contribution in [0.2, 0.25) is 5.02 Å². The summed E-state index contributed by atoms with van der Waals surface area (Å²) < 4.78 is 10.5. The zero-order chi connectivity index (χ0) is 21.1. The minimum Gasteiger partial charge on any atom is -0.507 e. The summed E-state index contributed by atoms with van der Waals surface area (Å²) in [6.45, 7) is 0. The van der Waals surface area contributed by atoms with Gasteiger partial charge in [0.2, 0.25) is 0 Å². The first-order valence-corrected chi connectivity index (χ1v) is 9.75. The quantitative estimate of drug-likeness (QED) is 0.405. The number of aromatic hydroxyl groups is 1. The molecule has 0 saturated carbocycles. The molecule has 30 heavy (non-hydrogen) atoms. The van der Waals surface area contributed by atoms with Gasteiger partial charge in [0.1, 0.15) is 17.2 Å². The van der Waals surface area contributed by atoms with Gasteiger partial charge in [-0.1, -0.05) is 23.7 Å². The SMILES string of the molecule is COc1ccc(-c2cc(-c3ccc(OC)cc3)nc(-c3cc(Cl)ccc3O)c2)cc1. The molecule has 0 saturated heterocycles. The molecule has 0 spiro atoms. The molecule has 1 aromatic heterocycles. The summed E-state index contributed by atoms with van der Waals surface area (Å²) in [5.41, 5.74) is 4.90. The molecular formula is C25H20ClNO3. The van der Waals surface area contributed by atoms with Gasteiger partial charge in [0.25, 0.3) is 0 Å². The second-order valence-electron chi connectivity index (χ2n) is 6.74. The number of phenols is 1. The van der Waals surface area contributed by atoms with E-state index in [4.69, 9.17) is 26.1 Å². The summed E-state index contributed by atoms with van der Waals surface area (Å²) in [5.74, 6) is 1.69. The Balaban J connectivity index is 1.89. The molecule has 0 fully saturated rings. The maximum Gasteiger partial charge on any atom is 0.125 e. The lowest BCUT2D eigenvalue weighted by molar-refractivity contribution is 0.415. The predicted molar refractivity (Wildman–Crippen MR) is 120 cm³/mol. The van der Waals surface area contributed by atoms with Crippen LogP contribution in [0.3, 0.4) is 0 Å². The van der Waals surface area contributed by atoms with Gasteiger partial charge >= 0.3 is 0 Å². The Morgan fingerprint density at radius 3 is 1.83 bits per heavy atom. The number of hydrogen-bond donors (Lipinski definition) is 1. The highest BCUT2D eigenvalue weighted by Crippen LogP contribution is 2.35. The van der Waals surface area contributed by atoms with E-state index in [1.54, 1.807) is 32.4 Å². The highest BCUT2D eigenvalue weighted by Gasteiger charge is 2.12. The van der Waals surface area contributed by atoms with Crippen molar-refractivity contribution in [2.24, 2.45) is 0 Å². The number of ether oxygens (including phenoxy) is 2. The van der Waals surface area contributed by atoms with Crippen molar-refractivity contribution in [3.05, 3.63) is 83.9 Å². The molecule has 0 amide bonds. The molecular weight excluding hydrogens is 398 g/mol. The van der Waals surface area contributed by atoms with Gasteiger partial charge in [0.15, 0.2) is 0 Å². The average molecular weight is 418 g/mol. The van der Waals surface area contributed by atoms with E-state index in [1.165, 1.54) is 0 Å². The van der Waals surface area contributed by atoms with E-state index in [2.05, 4.69) is 0 Å². The van der Waals surface area contributed by atoms with E-state index >= 15 is 0 Å². The molecule has 0 aliphatic heterocycles. The molecule has 0 unspecified atom stereocenters. The zero-order valence-corrected chi connectivity index (χ0v) is 17.4. The molecule has 0 bridgehead atoms. The number of methoxy groups -OCH3 is 2. The molecule has 4 rings (SSSR count). The van der Waals surface area contributed by atoms with Crippen LogP contribution in [-0.4, -0.2) is 24.3 Å². The van der Waals surface area contributed by atoms with E-state index in [0.717, 1.165) is 33.9 Å². The Morgan fingerprint density at radius 1 is 0.667 bits per heavy atom. The minimum atomic E-state index is 0.125. The minimum absolute atomic E-state index is 0.125. The van der Waals surface area contributed by atoms with Crippen molar-refractivity contribution in [3.63, 3.8) is 0 Å². The highest BCUT2D eigenvalue weighted by molar-refractivity contribution is 6.31.